The van der Waals surface area contributed by atoms with Gasteiger partial charge in [-0.25, -0.2) is 8.42 Å². The zero-order valence-electron chi connectivity index (χ0n) is 12.1. The summed E-state index contributed by atoms with van der Waals surface area (Å²) in [6.45, 7) is 0. The van der Waals surface area contributed by atoms with Crippen LogP contribution >= 0.6 is 0 Å². The van der Waals surface area contributed by atoms with Crippen LogP contribution in [-0.4, -0.2) is 76.4 Å². The topological polar surface area (TPSA) is 101 Å². The molecule has 0 amide bonds. The molecule has 5 aliphatic rings. The third-order valence-electron chi connectivity index (χ3n) is 5.93. The predicted octanol–water partition coefficient (Wildman–Crippen LogP) is -1.52. The van der Waals surface area contributed by atoms with Gasteiger partial charge in [0.1, 0.15) is 23.2 Å². The van der Waals surface area contributed by atoms with Crippen molar-refractivity contribution in [3.63, 3.8) is 0 Å². The van der Waals surface area contributed by atoms with E-state index in [2.05, 4.69) is 0 Å². The van der Waals surface area contributed by atoms with Crippen molar-refractivity contribution in [2.45, 2.75) is 36.3 Å². The lowest BCUT2D eigenvalue weighted by Gasteiger charge is -2.46. The third kappa shape index (κ3) is 1.16. The van der Waals surface area contributed by atoms with Crippen LogP contribution < -0.4 is 0 Å². The maximum absolute atomic E-state index is 12.8. The van der Waals surface area contributed by atoms with E-state index in [0.29, 0.717) is 0 Å². The van der Waals surface area contributed by atoms with Gasteiger partial charge in [-0.1, -0.05) is 0 Å². The number of epoxide rings is 1. The van der Waals surface area contributed by atoms with Crippen LogP contribution in [0.3, 0.4) is 0 Å². The maximum atomic E-state index is 12.8. The van der Waals surface area contributed by atoms with Crippen LogP contribution in [0, 0.1) is 11.3 Å². The van der Waals surface area contributed by atoms with Gasteiger partial charge in [-0.05, 0) is 0 Å². The van der Waals surface area contributed by atoms with E-state index in [-0.39, 0.29) is 23.7 Å². The predicted molar refractivity (Wildman–Crippen MR) is 68.5 cm³/mol. The molecule has 122 valence electrons. The highest BCUT2D eigenvalue weighted by Crippen LogP contribution is 2.73. The Hall–Kier alpha value is -0.740. The minimum Gasteiger partial charge on any atom is -0.468 e. The maximum Gasteiger partial charge on any atom is 0.318 e. The minimum atomic E-state index is -3.43. The fourth-order valence-corrected chi connectivity index (χ4v) is 7.37. The van der Waals surface area contributed by atoms with Gasteiger partial charge in [0.05, 0.1) is 36.7 Å². The number of esters is 1. The van der Waals surface area contributed by atoms with Crippen molar-refractivity contribution in [3.8, 4) is 0 Å². The van der Waals surface area contributed by atoms with E-state index >= 15 is 0 Å². The van der Waals surface area contributed by atoms with Gasteiger partial charge in [0.15, 0.2) is 16.1 Å². The summed E-state index contributed by atoms with van der Waals surface area (Å²) in [5.74, 6) is -1.37. The highest BCUT2D eigenvalue weighted by Gasteiger charge is 2.92. The molecule has 9 heteroatoms. The molecule has 0 aliphatic carbocycles. The number of fused-ring (bicyclic) bond motifs is 4. The average Bonchev–Trinajstić information content (AvgIpc) is 3.04. The molecular weight excluding hydrogens is 316 g/mol. The van der Waals surface area contributed by atoms with Crippen LogP contribution in [0.5, 0.6) is 0 Å². The van der Waals surface area contributed by atoms with E-state index in [0.717, 1.165) is 0 Å². The highest BCUT2D eigenvalue weighted by molar-refractivity contribution is 7.91. The Morgan fingerprint density at radius 3 is 2.68 bits per heavy atom. The van der Waals surface area contributed by atoms with Crippen LogP contribution in [-0.2, 0) is 38.3 Å². The monoisotopic (exact) mass is 332 g/mol. The number of hydrogen-bond donors (Lipinski definition) is 0. The van der Waals surface area contributed by atoms with Crippen molar-refractivity contribution in [1.82, 2.24) is 0 Å². The Balaban J connectivity index is 1.77. The first-order chi connectivity index (χ1) is 10.4. The van der Waals surface area contributed by atoms with Gasteiger partial charge < -0.3 is 23.7 Å². The molecule has 0 saturated carbocycles. The van der Waals surface area contributed by atoms with E-state index in [1.807, 2.05) is 0 Å². The molecule has 0 aromatic heterocycles. The lowest BCUT2D eigenvalue weighted by atomic mass is 9.58. The first kappa shape index (κ1) is 13.7. The largest absolute Gasteiger partial charge is 0.468 e. The van der Waals surface area contributed by atoms with E-state index in [1.165, 1.54) is 14.2 Å². The molecule has 5 fully saturated rings. The molecule has 22 heavy (non-hydrogen) atoms. The van der Waals surface area contributed by atoms with Gasteiger partial charge in [0.2, 0.25) is 0 Å². The Kier molecular flexibility index (Phi) is 2.28. The van der Waals surface area contributed by atoms with Crippen LogP contribution in [0.1, 0.15) is 0 Å². The summed E-state index contributed by atoms with van der Waals surface area (Å²) in [6.07, 6.45) is -2.49. The zero-order chi connectivity index (χ0) is 15.5. The molecule has 2 bridgehead atoms. The molecule has 8 nitrogen and oxygen atoms in total. The van der Waals surface area contributed by atoms with Crippen molar-refractivity contribution >= 4 is 15.8 Å². The van der Waals surface area contributed by atoms with Gasteiger partial charge in [-0.15, -0.1) is 0 Å². The standard InChI is InChI=1S/C13H16O8S/c1-17-10-6-7-8-9(20-8)12(21-7)4-22(15,16)3-5(19-10)13(6,12)11(14)18-2/h5-10H,3-4H2,1-2H3/t5-,6-,7-,8-,9-,10+,12-,13+/m1/s1. The molecular formula is C13H16O8S. The number of ether oxygens (including phenoxy) is 5. The Bertz CT molecular complexity index is 676. The number of carbonyl (C=O) groups excluding carboxylic acids is 1. The molecule has 5 rings (SSSR count). The summed E-state index contributed by atoms with van der Waals surface area (Å²) < 4.78 is 52.7. The van der Waals surface area contributed by atoms with Crippen LogP contribution in [0.4, 0.5) is 0 Å². The second kappa shape index (κ2) is 3.67. The van der Waals surface area contributed by atoms with Crippen LogP contribution in [0.2, 0.25) is 0 Å². The smallest absolute Gasteiger partial charge is 0.318 e. The van der Waals surface area contributed by atoms with Crippen molar-refractivity contribution in [2.24, 2.45) is 11.3 Å². The summed E-state index contributed by atoms with van der Waals surface area (Å²) in [7, 11) is -0.651. The fraction of sp³-hybridized carbons (Fsp3) is 0.923. The second-order valence-electron chi connectivity index (χ2n) is 6.66. The molecule has 5 aliphatic heterocycles. The van der Waals surface area contributed by atoms with Crippen LogP contribution in [0.15, 0.2) is 0 Å². The van der Waals surface area contributed by atoms with Gasteiger partial charge >= 0.3 is 5.97 Å². The summed E-state index contributed by atoms with van der Waals surface area (Å²) in [6, 6.07) is 0. The molecule has 0 N–H and O–H groups in total. The molecule has 0 unspecified atom stereocenters. The van der Waals surface area contributed by atoms with Gasteiger partial charge in [-0.3, -0.25) is 4.79 Å². The molecule has 8 atom stereocenters. The highest BCUT2D eigenvalue weighted by atomic mass is 32.2. The van der Waals surface area contributed by atoms with E-state index in [1.54, 1.807) is 0 Å². The summed E-state index contributed by atoms with van der Waals surface area (Å²) in [4.78, 5) is 12.8. The number of sulfone groups is 1. The van der Waals surface area contributed by atoms with Gasteiger partial charge in [-0.2, -0.15) is 0 Å². The number of carbonyl (C=O) groups is 1. The average molecular weight is 332 g/mol. The Labute approximate surface area is 126 Å². The van der Waals surface area contributed by atoms with Gasteiger partial charge in [0, 0.05) is 7.11 Å². The molecule has 5 heterocycles. The molecule has 5 saturated heterocycles. The zero-order valence-corrected chi connectivity index (χ0v) is 12.9. The lowest BCUT2D eigenvalue weighted by Crippen LogP contribution is -2.69. The van der Waals surface area contributed by atoms with E-state index in [4.69, 9.17) is 23.7 Å². The first-order valence-electron chi connectivity index (χ1n) is 7.21. The second-order valence-corrected chi connectivity index (χ2v) is 8.77. The molecule has 0 aromatic rings. The van der Waals surface area contributed by atoms with Crippen molar-refractivity contribution < 1.29 is 36.9 Å². The SMILES string of the molecule is COC(=O)[C@@]12[C@H]3[C@@H](OC)O[C@@H]1CS(=O)(=O)C[C@]21O[C@H]3[C@H]2O[C@H]21. The fourth-order valence-electron chi connectivity index (χ4n) is 5.32. The van der Waals surface area contributed by atoms with Crippen molar-refractivity contribution in [1.29, 1.82) is 0 Å². The Morgan fingerprint density at radius 1 is 1.23 bits per heavy atom. The number of methoxy groups -OCH3 is 2. The lowest BCUT2D eigenvalue weighted by molar-refractivity contribution is -0.186. The first-order valence-corrected chi connectivity index (χ1v) is 9.04. The van der Waals surface area contributed by atoms with E-state index < -0.39 is 51.2 Å². The Morgan fingerprint density at radius 2 is 2.00 bits per heavy atom. The molecule has 0 radical (unpaired) electrons. The van der Waals surface area contributed by atoms with Crippen LogP contribution in [0.25, 0.3) is 0 Å². The quantitative estimate of drug-likeness (QED) is 0.444. The summed E-state index contributed by atoms with van der Waals surface area (Å²) >= 11 is 0. The third-order valence-corrected chi connectivity index (χ3v) is 7.61. The molecule has 0 aromatic carbocycles. The van der Waals surface area contributed by atoms with Crippen molar-refractivity contribution in [3.05, 3.63) is 0 Å². The minimum absolute atomic E-state index is 0.184. The summed E-state index contributed by atoms with van der Waals surface area (Å²) in [5, 5.41) is 0. The number of rotatable bonds is 2. The van der Waals surface area contributed by atoms with Crippen molar-refractivity contribution in [2.75, 3.05) is 25.7 Å². The normalized spacial score (nSPS) is 59.0. The van der Waals surface area contributed by atoms with Gasteiger partial charge in [0.25, 0.3) is 0 Å². The summed E-state index contributed by atoms with van der Waals surface area (Å²) in [5.41, 5.74) is -2.38. The number of hydrogen-bond acceptors (Lipinski definition) is 8. The van der Waals surface area contributed by atoms with E-state index in [9.17, 15) is 13.2 Å². The molecule has 1 spiro atoms.